The Bertz CT molecular complexity index is 323. The Hall–Kier alpha value is -0.670. The number of nitrogens with two attached hydrogens (primary N) is 1. The van der Waals surface area contributed by atoms with E-state index in [2.05, 4.69) is 47.9 Å². The maximum absolute atomic E-state index is 5.55. The molecule has 88 valence electrons. The highest BCUT2D eigenvalue weighted by Crippen LogP contribution is 2.23. The summed E-state index contributed by atoms with van der Waals surface area (Å²) in [5.74, 6) is 1.24. The van der Waals surface area contributed by atoms with Crippen molar-refractivity contribution in [2.24, 2.45) is 5.73 Å². The van der Waals surface area contributed by atoms with Gasteiger partial charge in [-0.3, -0.25) is 0 Å². The minimum atomic E-state index is 0.733. The van der Waals surface area contributed by atoms with Crippen LogP contribution < -0.4 is 10.6 Å². The minimum Gasteiger partial charge on any atom is -0.370 e. The second-order valence-corrected chi connectivity index (χ2v) is 5.88. The van der Waals surface area contributed by atoms with Crippen LogP contribution in [0.3, 0.4) is 0 Å². The van der Waals surface area contributed by atoms with Crippen LogP contribution in [0.5, 0.6) is 0 Å². The minimum absolute atomic E-state index is 0.733. The molecule has 2 nitrogen and oxygen atoms in total. The normalized spacial score (nSPS) is 21.1. The fourth-order valence-corrected chi connectivity index (χ4v) is 3.11. The lowest BCUT2D eigenvalue weighted by molar-refractivity contribution is 0.782. The van der Waals surface area contributed by atoms with Gasteiger partial charge in [0.15, 0.2) is 0 Å². The van der Waals surface area contributed by atoms with E-state index in [0.717, 1.165) is 18.2 Å². The van der Waals surface area contributed by atoms with Gasteiger partial charge in [-0.25, -0.2) is 0 Å². The highest BCUT2D eigenvalue weighted by molar-refractivity contribution is 8.00. The highest BCUT2D eigenvalue weighted by atomic mass is 32.2. The molecule has 0 bridgehead atoms. The van der Waals surface area contributed by atoms with Crippen LogP contribution in [0.4, 0.5) is 5.69 Å². The monoisotopic (exact) mass is 236 g/mol. The highest BCUT2D eigenvalue weighted by Gasteiger charge is 2.16. The zero-order chi connectivity index (χ0) is 11.4. The molecule has 1 aliphatic rings. The number of hydrogen-bond donors (Lipinski definition) is 1. The van der Waals surface area contributed by atoms with Crippen molar-refractivity contribution in [2.45, 2.75) is 18.6 Å². The molecule has 0 spiro atoms. The Balaban J connectivity index is 2.03. The zero-order valence-electron chi connectivity index (χ0n) is 9.86. The molecule has 3 heteroatoms. The summed E-state index contributed by atoms with van der Waals surface area (Å²) in [4.78, 5) is 2.48. The molecule has 0 aromatic heterocycles. The summed E-state index contributed by atoms with van der Waals surface area (Å²) in [5.41, 5.74) is 8.24. The Morgan fingerprint density at radius 3 is 2.75 bits per heavy atom. The number of nitrogens with zero attached hydrogens (tertiary/aromatic N) is 1. The van der Waals surface area contributed by atoms with Crippen molar-refractivity contribution < 1.29 is 0 Å². The van der Waals surface area contributed by atoms with Crippen LogP contribution in [0.1, 0.15) is 12.5 Å². The third-order valence-electron chi connectivity index (χ3n) is 2.98. The van der Waals surface area contributed by atoms with Gasteiger partial charge in [-0.15, -0.1) is 0 Å². The molecule has 1 atom stereocenters. The first-order valence-electron chi connectivity index (χ1n) is 5.95. The summed E-state index contributed by atoms with van der Waals surface area (Å²) in [6.45, 7) is 5.38. The molecule has 1 unspecified atom stereocenters. The van der Waals surface area contributed by atoms with E-state index < -0.39 is 0 Å². The van der Waals surface area contributed by atoms with Gasteiger partial charge in [0.2, 0.25) is 0 Å². The van der Waals surface area contributed by atoms with E-state index in [1.807, 2.05) is 0 Å². The van der Waals surface area contributed by atoms with E-state index in [4.69, 9.17) is 5.73 Å². The second-order valence-electron chi connectivity index (χ2n) is 4.33. The zero-order valence-corrected chi connectivity index (χ0v) is 10.7. The number of thioether (sulfide) groups is 1. The van der Waals surface area contributed by atoms with Crippen molar-refractivity contribution in [3.05, 3.63) is 29.8 Å². The van der Waals surface area contributed by atoms with Crippen LogP contribution in [0.15, 0.2) is 24.3 Å². The summed E-state index contributed by atoms with van der Waals surface area (Å²) >= 11 is 2.07. The lowest BCUT2D eigenvalue weighted by Crippen LogP contribution is -2.36. The molecule has 1 saturated heterocycles. The van der Waals surface area contributed by atoms with Gasteiger partial charge < -0.3 is 10.6 Å². The first-order valence-corrected chi connectivity index (χ1v) is 7.00. The first kappa shape index (κ1) is 11.8. The molecule has 1 aromatic rings. The first-order chi connectivity index (χ1) is 7.79. The van der Waals surface area contributed by atoms with Crippen LogP contribution in [0, 0.1) is 0 Å². The average Bonchev–Trinajstić information content (AvgIpc) is 2.30. The van der Waals surface area contributed by atoms with Crippen LogP contribution in [-0.2, 0) is 6.42 Å². The van der Waals surface area contributed by atoms with Crippen molar-refractivity contribution in [3.63, 3.8) is 0 Å². The predicted molar refractivity (Wildman–Crippen MR) is 73.3 cm³/mol. The summed E-state index contributed by atoms with van der Waals surface area (Å²) in [5, 5.41) is 0.748. The van der Waals surface area contributed by atoms with Gasteiger partial charge >= 0.3 is 0 Å². The van der Waals surface area contributed by atoms with E-state index in [0.29, 0.717) is 0 Å². The second kappa shape index (κ2) is 5.60. The molecular formula is C13H20N2S. The maximum atomic E-state index is 5.55. The summed E-state index contributed by atoms with van der Waals surface area (Å²) < 4.78 is 0. The SMILES string of the molecule is CC1CN(c2ccc(CCN)cc2)CCS1. The van der Waals surface area contributed by atoms with Crippen LogP contribution in [0.2, 0.25) is 0 Å². The van der Waals surface area contributed by atoms with E-state index in [1.54, 1.807) is 0 Å². The smallest absolute Gasteiger partial charge is 0.0367 e. The number of rotatable bonds is 3. The molecule has 0 aliphatic carbocycles. The van der Waals surface area contributed by atoms with Crippen molar-refractivity contribution >= 4 is 17.4 Å². The molecule has 1 aromatic carbocycles. The Morgan fingerprint density at radius 2 is 2.12 bits per heavy atom. The third-order valence-corrected chi connectivity index (χ3v) is 4.11. The van der Waals surface area contributed by atoms with E-state index >= 15 is 0 Å². The Morgan fingerprint density at radius 1 is 1.38 bits per heavy atom. The lowest BCUT2D eigenvalue weighted by Gasteiger charge is -2.32. The number of anilines is 1. The van der Waals surface area contributed by atoms with Gasteiger partial charge in [-0.2, -0.15) is 11.8 Å². The van der Waals surface area contributed by atoms with Crippen LogP contribution >= 0.6 is 11.8 Å². The topological polar surface area (TPSA) is 29.3 Å². The van der Waals surface area contributed by atoms with Gasteiger partial charge in [-0.05, 0) is 30.7 Å². The predicted octanol–water partition coefficient (Wildman–Crippen LogP) is 2.13. The van der Waals surface area contributed by atoms with Gasteiger partial charge in [0.25, 0.3) is 0 Å². The third kappa shape index (κ3) is 2.92. The van der Waals surface area contributed by atoms with Gasteiger partial charge in [0.1, 0.15) is 0 Å². The molecule has 0 radical (unpaired) electrons. The molecule has 1 fully saturated rings. The van der Waals surface area contributed by atoms with Gasteiger partial charge in [0, 0.05) is 29.8 Å². The maximum Gasteiger partial charge on any atom is 0.0367 e. The molecule has 16 heavy (non-hydrogen) atoms. The van der Waals surface area contributed by atoms with Crippen LogP contribution in [0.25, 0.3) is 0 Å². The molecular weight excluding hydrogens is 216 g/mol. The molecule has 2 N–H and O–H groups in total. The molecule has 1 heterocycles. The van der Waals surface area contributed by atoms with Crippen molar-refractivity contribution in [1.29, 1.82) is 0 Å². The van der Waals surface area contributed by atoms with Crippen molar-refractivity contribution in [3.8, 4) is 0 Å². The standard InChI is InChI=1S/C13H20N2S/c1-11-10-15(8-9-16-11)13-4-2-12(3-5-13)6-7-14/h2-5,11H,6-10,14H2,1H3. The summed E-state index contributed by atoms with van der Waals surface area (Å²) in [6, 6.07) is 8.87. The van der Waals surface area contributed by atoms with E-state index in [9.17, 15) is 0 Å². The van der Waals surface area contributed by atoms with Gasteiger partial charge in [-0.1, -0.05) is 19.1 Å². The van der Waals surface area contributed by atoms with Crippen molar-refractivity contribution in [2.75, 3.05) is 30.3 Å². The average molecular weight is 236 g/mol. The fourth-order valence-electron chi connectivity index (χ4n) is 2.09. The van der Waals surface area contributed by atoms with Crippen molar-refractivity contribution in [1.82, 2.24) is 0 Å². The molecule has 2 rings (SSSR count). The van der Waals surface area contributed by atoms with Crippen LogP contribution in [-0.4, -0.2) is 30.6 Å². The summed E-state index contributed by atoms with van der Waals surface area (Å²) in [6.07, 6.45) is 0.979. The van der Waals surface area contributed by atoms with Gasteiger partial charge in [0.05, 0.1) is 0 Å². The molecule has 1 aliphatic heterocycles. The van der Waals surface area contributed by atoms with E-state index in [1.165, 1.54) is 30.1 Å². The quantitative estimate of drug-likeness (QED) is 0.872. The fraction of sp³-hybridized carbons (Fsp3) is 0.538. The van der Waals surface area contributed by atoms with E-state index in [-0.39, 0.29) is 0 Å². The summed E-state index contributed by atoms with van der Waals surface area (Å²) in [7, 11) is 0. The Labute approximate surface area is 102 Å². The number of benzene rings is 1. The molecule has 0 amide bonds. The Kier molecular flexibility index (Phi) is 4.13. The largest absolute Gasteiger partial charge is 0.370 e. The number of hydrogen-bond acceptors (Lipinski definition) is 3. The molecule has 0 saturated carbocycles. The lowest BCUT2D eigenvalue weighted by atomic mass is 10.1.